The minimum Gasteiger partial charge on any atom is -0.490 e. The standard InChI is InChI=1S/C15H21F2NO2/c1-18-15(10-19)7-2-3-11(15)6-8-20-14-9-12(16)4-5-13(14)17/h4-5,9,11,18-19H,2-3,6-8,10H2,1H3. The van der Waals surface area contributed by atoms with Crippen molar-refractivity contribution in [3.63, 3.8) is 0 Å². The molecule has 0 amide bonds. The van der Waals surface area contributed by atoms with E-state index < -0.39 is 11.6 Å². The van der Waals surface area contributed by atoms with Crippen LogP contribution in [0, 0.1) is 17.6 Å². The van der Waals surface area contributed by atoms with Crippen molar-refractivity contribution in [1.29, 1.82) is 0 Å². The Morgan fingerprint density at radius 1 is 1.45 bits per heavy atom. The number of benzene rings is 1. The fraction of sp³-hybridized carbons (Fsp3) is 0.600. The lowest BCUT2D eigenvalue weighted by Crippen LogP contribution is -2.49. The highest BCUT2D eigenvalue weighted by Gasteiger charge is 2.40. The number of aliphatic hydroxyl groups is 1. The fourth-order valence-electron chi connectivity index (χ4n) is 3.08. The highest BCUT2D eigenvalue weighted by Crippen LogP contribution is 2.37. The number of ether oxygens (including phenoxy) is 1. The van der Waals surface area contributed by atoms with Gasteiger partial charge in [0.1, 0.15) is 5.82 Å². The Bertz CT molecular complexity index is 449. The van der Waals surface area contributed by atoms with Crippen LogP contribution in [-0.2, 0) is 0 Å². The number of likely N-dealkylation sites (N-methyl/N-ethyl adjacent to an activating group) is 1. The quantitative estimate of drug-likeness (QED) is 0.843. The molecule has 20 heavy (non-hydrogen) atoms. The molecule has 2 atom stereocenters. The van der Waals surface area contributed by atoms with Gasteiger partial charge in [0, 0.05) is 11.6 Å². The summed E-state index contributed by atoms with van der Waals surface area (Å²) >= 11 is 0. The zero-order chi connectivity index (χ0) is 14.6. The third-order valence-electron chi connectivity index (χ3n) is 4.35. The first kappa shape index (κ1) is 15.2. The van der Waals surface area contributed by atoms with Crippen LogP contribution in [0.4, 0.5) is 8.78 Å². The Morgan fingerprint density at radius 2 is 2.25 bits per heavy atom. The Balaban J connectivity index is 1.91. The Hall–Kier alpha value is -1.20. The number of nitrogens with one attached hydrogen (secondary N) is 1. The van der Waals surface area contributed by atoms with Gasteiger partial charge in [-0.3, -0.25) is 0 Å². The van der Waals surface area contributed by atoms with E-state index in [9.17, 15) is 13.9 Å². The van der Waals surface area contributed by atoms with Crippen molar-refractivity contribution < 1.29 is 18.6 Å². The van der Waals surface area contributed by atoms with E-state index in [1.807, 2.05) is 7.05 Å². The molecule has 1 aliphatic carbocycles. The van der Waals surface area contributed by atoms with Gasteiger partial charge in [-0.05, 0) is 44.4 Å². The van der Waals surface area contributed by atoms with Gasteiger partial charge >= 0.3 is 0 Å². The topological polar surface area (TPSA) is 41.5 Å². The van der Waals surface area contributed by atoms with E-state index >= 15 is 0 Å². The van der Waals surface area contributed by atoms with Gasteiger partial charge < -0.3 is 15.2 Å². The first-order valence-electron chi connectivity index (χ1n) is 6.99. The zero-order valence-electron chi connectivity index (χ0n) is 11.7. The smallest absolute Gasteiger partial charge is 0.165 e. The SMILES string of the molecule is CNC1(CO)CCCC1CCOc1cc(F)ccc1F. The van der Waals surface area contributed by atoms with E-state index in [1.54, 1.807) is 0 Å². The van der Waals surface area contributed by atoms with Crippen LogP contribution in [0.15, 0.2) is 18.2 Å². The molecule has 0 radical (unpaired) electrons. The molecule has 112 valence electrons. The summed E-state index contributed by atoms with van der Waals surface area (Å²) < 4.78 is 31.8. The number of hydrogen-bond acceptors (Lipinski definition) is 3. The van der Waals surface area contributed by atoms with Gasteiger partial charge in [-0.15, -0.1) is 0 Å². The van der Waals surface area contributed by atoms with Crippen LogP contribution in [0.1, 0.15) is 25.7 Å². The van der Waals surface area contributed by atoms with Crippen molar-refractivity contribution in [3.05, 3.63) is 29.8 Å². The predicted molar refractivity (Wildman–Crippen MR) is 72.7 cm³/mol. The molecular weight excluding hydrogens is 264 g/mol. The molecule has 2 rings (SSSR count). The Morgan fingerprint density at radius 3 is 2.95 bits per heavy atom. The van der Waals surface area contributed by atoms with Crippen LogP contribution in [-0.4, -0.2) is 30.9 Å². The molecule has 1 aromatic carbocycles. The Labute approximate surface area is 117 Å². The molecule has 0 heterocycles. The van der Waals surface area contributed by atoms with Crippen molar-refractivity contribution in [2.45, 2.75) is 31.2 Å². The van der Waals surface area contributed by atoms with Gasteiger partial charge in [-0.25, -0.2) is 8.78 Å². The van der Waals surface area contributed by atoms with E-state index in [1.165, 1.54) is 0 Å². The number of rotatable bonds is 6. The molecule has 1 aliphatic rings. The third-order valence-corrected chi connectivity index (χ3v) is 4.35. The van der Waals surface area contributed by atoms with Crippen LogP contribution in [0.5, 0.6) is 5.75 Å². The normalized spacial score (nSPS) is 25.9. The molecule has 2 N–H and O–H groups in total. The van der Waals surface area contributed by atoms with Crippen molar-refractivity contribution in [2.75, 3.05) is 20.3 Å². The largest absolute Gasteiger partial charge is 0.490 e. The highest BCUT2D eigenvalue weighted by molar-refractivity contribution is 5.24. The maximum absolute atomic E-state index is 13.4. The summed E-state index contributed by atoms with van der Waals surface area (Å²) in [6.07, 6.45) is 3.70. The van der Waals surface area contributed by atoms with Crippen molar-refractivity contribution in [1.82, 2.24) is 5.32 Å². The van der Waals surface area contributed by atoms with Crippen LogP contribution in [0.3, 0.4) is 0 Å². The number of halogens is 2. The van der Waals surface area contributed by atoms with Crippen LogP contribution >= 0.6 is 0 Å². The summed E-state index contributed by atoms with van der Waals surface area (Å²) in [6, 6.07) is 3.18. The second-order valence-corrected chi connectivity index (χ2v) is 5.37. The van der Waals surface area contributed by atoms with Gasteiger partial charge in [-0.1, -0.05) is 6.42 Å². The molecule has 0 saturated heterocycles. The van der Waals surface area contributed by atoms with Gasteiger partial charge in [-0.2, -0.15) is 0 Å². The molecule has 5 heteroatoms. The highest BCUT2D eigenvalue weighted by atomic mass is 19.1. The second kappa shape index (κ2) is 6.50. The van der Waals surface area contributed by atoms with Crippen molar-refractivity contribution in [3.8, 4) is 5.75 Å². The molecule has 1 fully saturated rings. The zero-order valence-corrected chi connectivity index (χ0v) is 11.7. The lowest BCUT2D eigenvalue weighted by atomic mass is 9.86. The Kier molecular flexibility index (Phi) is 4.94. The van der Waals surface area contributed by atoms with Gasteiger partial charge in [0.15, 0.2) is 11.6 Å². The van der Waals surface area contributed by atoms with Gasteiger partial charge in [0.05, 0.1) is 13.2 Å². The summed E-state index contributed by atoms with van der Waals surface area (Å²) in [5.41, 5.74) is -0.260. The maximum atomic E-state index is 13.4. The number of aliphatic hydroxyl groups excluding tert-OH is 1. The monoisotopic (exact) mass is 285 g/mol. The first-order chi connectivity index (χ1) is 9.61. The lowest BCUT2D eigenvalue weighted by molar-refractivity contribution is 0.116. The summed E-state index contributed by atoms with van der Waals surface area (Å²) in [5, 5.41) is 12.8. The van der Waals surface area contributed by atoms with E-state index in [0.29, 0.717) is 13.0 Å². The number of hydrogen-bond donors (Lipinski definition) is 2. The predicted octanol–water partition coefficient (Wildman–Crippen LogP) is 2.48. The van der Waals surface area contributed by atoms with E-state index in [2.05, 4.69) is 5.32 Å². The van der Waals surface area contributed by atoms with E-state index in [0.717, 1.165) is 37.5 Å². The average Bonchev–Trinajstić information content (AvgIpc) is 2.86. The minimum absolute atomic E-state index is 0.0537. The molecule has 0 aromatic heterocycles. The molecule has 2 unspecified atom stereocenters. The van der Waals surface area contributed by atoms with Crippen molar-refractivity contribution in [2.24, 2.45) is 5.92 Å². The summed E-state index contributed by atoms with van der Waals surface area (Å²) in [4.78, 5) is 0. The van der Waals surface area contributed by atoms with Crippen LogP contribution in [0.25, 0.3) is 0 Å². The van der Waals surface area contributed by atoms with Gasteiger partial charge in [0.2, 0.25) is 0 Å². The maximum Gasteiger partial charge on any atom is 0.165 e. The molecular formula is C15H21F2NO2. The molecule has 0 aliphatic heterocycles. The molecule has 0 bridgehead atoms. The third kappa shape index (κ3) is 3.10. The first-order valence-corrected chi connectivity index (χ1v) is 6.99. The summed E-state index contributed by atoms with van der Waals surface area (Å²) in [6.45, 7) is 0.400. The lowest BCUT2D eigenvalue weighted by Gasteiger charge is -2.33. The minimum atomic E-state index is -0.556. The van der Waals surface area contributed by atoms with Crippen LogP contribution in [0.2, 0.25) is 0 Å². The van der Waals surface area contributed by atoms with Gasteiger partial charge in [0.25, 0.3) is 0 Å². The van der Waals surface area contributed by atoms with Crippen molar-refractivity contribution >= 4 is 0 Å². The average molecular weight is 285 g/mol. The molecule has 3 nitrogen and oxygen atoms in total. The molecule has 1 saturated carbocycles. The second-order valence-electron chi connectivity index (χ2n) is 5.37. The molecule has 0 spiro atoms. The van der Waals surface area contributed by atoms with Crippen LogP contribution < -0.4 is 10.1 Å². The molecule has 1 aromatic rings. The van der Waals surface area contributed by atoms with E-state index in [4.69, 9.17) is 4.74 Å². The summed E-state index contributed by atoms with van der Waals surface area (Å²) in [7, 11) is 1.85. The van der Waals surface area contributed by atoms with E-state index in [-0.39, 0.29) is 23.8 Å². The fourth-order valence-corrected chi connectivity index (χ4v) is 3.08. The summed E-state index contributed by atoms with van der Waals surface area (Å²) in [5.74, 6) is -0.835.